The molecule has 0 bridgehead atoms. The average molecular weight is 517 g/mol. The van der Waals surface area contributed by atoms with Crippen LogP contribution >= 0.6 is 0 Å². The SMILES string of the molecule is Cc1ccc(NC(=O)c2cc(Oc3ccc(S(C)(=O)=O)cc3)c3cc(Cn4ccnc4C)oc3c2)nc1. The van der Waals surface area contributed by atoms with Crippen LogP contribution in [0.5, 0.6) is 11.5 Å². The average Bonchev–Trinajstić information content (AvgIpc) is 3.46. The van der Waals surface area contributed by atoms with E-state index in [1.54, 1.807) is 42.7 Å². The predicted octanol–water partition coefficient (Wildman–Crippen LogP) is 5.14. The van der Waals surface area contributed by atoms with Gasteiger partial charge in [0, 0.05) is 30.4 Å². The number of benzene rings is 2. The molecule has 37 heavy (non-hydrogen) atoms. The van der Waals surface area contributed by atoms with Gasteiger partial charge in [-0.1, -0.05) is 6.07 Å². The largest absolute Gasteiger partial charge is 0.459 e. The van der Waals surface area contributed by atoms with E-state index in [0.717, 1.165) is 17.6 Å². The molecule has 188 valence electrons. The number of carbonyl (C=O) groups is 1. The lowest BCUT2D eigenvalue weighted by Gasteiger charge is -2.10. The third kappa shape index (κ3) is 5.39. The van der Waals surface area contributed by atoms with Gasteiger partial charge in [-0.15, -0.1) is 0 Å². The van der Waals surface area contributed by atoms with E-state index in [1.165, 1.54) is 12.1 Å². The smallest absolute Gasteiger partial charge is 0.257 e. The number of nitrogens with one attached hydrogen (secondary N) is 1. The third-order valence-electron chi connectivity index (χ3n) is 5.80. The molecule has 2 aromatic carbocycles. The molecule has 0 spiro atoms. The Balaban J connectivity index is 1.52. The molecule has 10 heteroatoms. The lowest BCUT2D eigenvalue weighted by Crippen LogP contribution is -2.13. The van der Waals surface area contributed by atoms with Crippen LogP contribution < -0.4 is 10.1 Å². The summed E-state index contributed by atoms with van der Waals surface area (Å²) in [5, 5.41) is 3.46. The minimum absolute atomic E-state index is 0.185. The Hall–Kier alpha value is -4.44. The van der Waals surface area contributed by atoms with E-state index in [0.29, 0.717) is 46.2 Å². The van der Waals surface area contributed by atoms with Gasteiger partial charge in [0.1, 0.15) is 34.5 Å². The Labute approximate surface area is 213 Å². The van der Waals surface area contributed by atoms with E-state index in [-0.39, 0.29) is 10.8 Å². The number of nitrogens with zero attached hydrogens (tertiary/aromatic N) is 3. The normalized spacial score (nSPS) is 11.5. The highest BCUT2D eigenvalue weighted by molar-refractivity contribution is 7.90. The van der Waals surface area contributed by atoms with Gasteiger partial charge in [-0.3, -0.25) is 4.79 Å². The van der Waals surface area contributed by atoms with Crippen molar-refractivity contribution in [1.29, 1.82) is 0 Å². The number of amides is 1. The fourth-order valence-corrected chi connectivity index (χ4v) is 4.43. The molecule has 0 radical (unpaired) electrons. The van der Waals surface area contributed by atoms with Crippen molar-refractivity contribution < 1.29 is 22.4 Å². The van der Waals surface area contributed by atoms with E-state index in [9.17, 15) is 13.2 Å². The molecule has 0 atom stereocenters. The summed E-state index contributed by atoms with van der Waals surface area (Å²) >= 11 is 0. The highest BCUT2D eigenvalue weighted by Gasteiger charge is 2.17. The zero-order chi connectivity index (χ0) is 26.2. The number of fused-ring (bicyclic) bond motifs is 1. The van der Waals surface area contributed by atoms with Crippen molar-refractivity contribution in [1.82, 2.24) is 14.5 Å². The molecule has 5 aromatic rings. The number of furan rings is 1. The molecule has 0 unspecified atom stereocenters. The van der Waals surface area contributed by atoms with E-state index < -0.39 is 9.84 Å². The van der Waals surface area contributed by atoms with Crippen LogP contribution in [0.25, 0.3) is 11.0 Å². The molecular formula is C27H24N4O5S. The monoisotopic (exact) mass is 516 g/mol. The van der Waals surface area contributed by atoms with E-state index in [1.807, 2.05) is 36.7 Å². The molecule has 1 amide bonds. The number of hydrogen-bond donors (Lipinski definition) is 1. The quantitative estimate of drug-likeness (QED) is 0.318. The lowest BCUT2D eigenvalue weighted by atomic mass is 10.1. The van der Waals surface area contributed by atoms with Gasteiger partial charge in [-0.2, -0.15) is 0 Å². The second-order valence-electron chi connectivity index (χ2n) is 8.72. The van der Waals surface area contributed by atoms with Gasteiger partial charge >= 0.3 is 0 Å². The summed E-state index contributed by atoms with van der Waals surface area (Å²) in [4.78, 5) is 21.7. The fraction of sp³-hybridized carbons (Fsp3) is 0.148. The molecule has 9 nitrogen and oxygen atoms in total. The maximum absolute atomic E-state index is 13.1. The van der Waals surface area contributed by atoms with Gasteiger partial charge in [-0.25, -0.2) is 18.4 Å². The first-order valence-corrected chi connectivity index (χ1v) is 13.3. The summed E-state index contributed by atoms with van der Waals surface area (Å²) in [7, 11) is -3.34. The summed E-state index contributed by atoms with van der Waals surface area (Å²) in [6, 6.07) is 14.8. The number of ether oxygens (including phenoxy) is 1. The third-order valence-corrected chi connectivity index (χ3v) is 6.92. The number of aromatic nitrogens is 3. The molecule has 3 aromatic heterocycles. The molecule has 0 saturated carbocycles. The molecule has 5 rings (SSSR count). The van der Waals surface area contributed by atoms with Crippen LogP contribution in [0, 0.1) is 13.8 Å². The van der Waals surface area contributed by atoms with Crippen molar-refractivity contribution in [3.63, 3.8) is 0 Å². The maximum atomic E-state index is 13.1. The Bertz CT molecular complexity index is 1700. The van der Waals surface area contributed by atoms with Crippen LogP contribution in [-0.4, -0.2) is 35.1 Å². The van der Waals surface area contributed by atoms with Gasteiger partial charge in [0.15, 0.2) is 9.84 Å². The first kappa shape index (κ1) is 24.3. The highest BCUT2D eigenvalue weighted by atomic mass is 32.2. The molecule has 0 fully saturated rings. The molecule has 1 N–H and O–H groups in total. The molecule has 3 heterocycles. The topological polar surface area (TPSA) is 116 Å². The van der Waals surface area contributed by atoms with Gasteiger partial charge in [0.05, 0.1) is 16.8 Å². The number of carbonyl (C=O) groups excluding carboxylic acids is 1. The minimum Gasteiger partial charge on any atom is -0.459 e. The molecular weight excluding hydrogens is 492 g/mol. The van der Waals surface area contributed by atoms with Crippen molar-refractivity contribution in [2.45, 2.75) is 25.3 Å². The van der Waals surface area contributed by atoms with E-state index >= 15 is 0 Å². The first-order chi connectivity index (χ1) is 17.7. The molecule has 0 aliphatic heterocycles. The van der Waals surface area contributed by atoms with Gasteiger partial charge in [0.25, 0.3) is 5.91 Å². The van der Waals surface area contributed by atoms with E-state index in [4.69, 9.17) is 9.15 Å². The zero-order valence-electron chi connectivity index (χ0n) is 20.4. The number of imidazole rings is 1. The Morgan fingerprint density at radius 2 is 1.84 bits per heavy atom. The molecule has 0 saturated heterocycles. The van der Waals surface area contributed by atoms with Crippen molar-refractivity contribution in [2.75, 3.05) is 11.6 Å². The second kappa shape index (κ2) is 9.55. The molecule has 0 aliphatic rings. The Morgan fingerprint density at radius 1 is 1.05 bits per heavy atom. The number of hydrogen-bond acceptors (Lipinski definition) is 7. The van der Waals surface area contributed by atoms with E-state index in [2.05, 4.69) is 15.3 Å². The van der Waals surface area contributed by atoms with Crippen LogP contribution in [-0.2, 0) is 16.4 Å². The fourth-order valence-electron chi connectivity index (χ4n) is 3.80. The van der Waals surface area contributed by atoms with Gasteiger partial charge in [0.2, 0.25) is 0 Å². The second-order valence-corrected chi connectivity index (χ2v) is 10.7. The lowest BCUT2D eigenvalue weighted by molar-refractivity contribution is 0.102. The zero-order valence-corrected chi connectivity index (χ0v) is 21.2. The van der Waals surface area contributed by atoms with Gasteiger partial charge in [-0.05, 0) is 67.9 Å². The number of sulfone groups is 1. The highest BCUT2D eigenvalue weighted by Crippen LogP contribution is 2.35. The first-order valence-electron chi connectivity index (χ1n) is 11.4. The molecule has 0 aliphatic carbocycles. The van der Waals surface area contributed by atoms with Crippen molar-refractivity contribution in [3.8, 4) is 11.5 Å². The standard InChI is InChI=1S/C27H24N4O5S/c1-17-4-9-26(29-15-17)30-27(32)19-12-24(35-20-5-7-22(8-6-20)37(3,33)34)23-14-21(36-25(23)13-19)16-31-11-10-28-18(31)2/h4-15H,16H2,1-3H3,(H,29,30,32). The van der Waals surface area contributed by atoms with Crippen molar-refractivity contribution in [3.05, 3.63) is 95.9 Å². The van der Waals surface area contributed by atoms with Crippen molar-refractivity contribution >= 4 is 32.5 Å². The van der Waals surface area contributed by atoms with Crippen LogP contribution in [0.3, 0.4) is 0 Å². The summed E-state index contributed by atoms with van der Waals surface area (Å²) < 4.78 is 37.8. The summed E-state index contributed by atoms with van der Waals surface area (Å²) in [5.74, 6) is 2.35. The Morgan fingerprint density at radius 3 is 2.49 bits per heavy atom. The number of anilines is 1. The Kier molecular flexibility index (Phi) is 6.26. The van der Waals surface area contributed by atoms with Crippen LogP contribution in [0.15, 0.2) is 82.5 Å². The predicted molar refractivity (Wildman–Crippen MR) is 139 cm³/mol. The summed E-state index contributed by atoms with van der Waals surface area (Å²) in [6.07, 6.45) is 6.39. The van der Waals surface area contributed by atoms with Crippen LogP contribution in [0.1, 0.15) is 27.5 Å². The van der Waals surface area contributed by atoms with Gasteiger partial charge < -0.3 is 19.0 Å². The number of pyridine rings is 1. The number of aryl methyl sites for hydroxylation is 2. The van der Waals surface area contributed by atoms with Crippen LogP contribution in [0.2, 0.25) is 0 Å². The van der Waals surface area contributed by atoms with Crippen LogP contribution in [0.4, 0.5) is 5.82 Å². The number of rotatable bonds is 7. The maximum Gasteiger partial charge on any atom is 0.257 e. The summed E-state index contributed by atoms with van der Waals surface area (Å²) in [5.41, 5.74) is 1.77. The van der Waals surface area contributed by atoms with Crippen molar-refractivity contribution in [2.24, 2.45) is 0 Å². The summed E-state index contributed by atoms with van der Waals surface area (Å²) in [6.45, 7) is 4.27. The minimum atomic E-state index is -3.34.